The molecular weight excluding hydrogens is 248 g/mol. The number of nitrogen functional groups attached to an aromatic ring is 1. The summed E-state index contributed by atoms with van der Waals surface area (Å²) in [7, 11) is 0. The van der Waals surface area contributed by atoms with Crippen LogP contribution < -0.4 is 5.73 Å². The van der Waals surface area contributed by atoms with Gasteiger partial charge in [0.2, 0.25) is 5.13 Å². The predicted molar refractivity (Wildman–Crippen MR) is 69.4 cm³/mol. The molecule has 0 aliphatic heterocycles. The van der Waals surface area contributed by atoms with Crippen molar-refractivity contribution in [2.75, 3.05) is 5.73 Å². The quantitative estimate of drug-likeness (QED) is 0.707. The highest BCUT2D eigenvalue weighted by Gasteiger charge is 2.08. The van der Waals surface area contributed by atoms with Crippen LogP contribution in [0.5, 0.6) is 0 Å². The molecule has 0 fully saturated rings. The van der Waals surface area contributed by atoms with Gasteiger partial charge in [0.05, 0.1) is 0 Å². The van der Waals surface area contributed by atoms with Crippen LogP contribution in [0.25, 0.3) is 16.5 Å². The maximum atomic E-state index is 5.64. The minimum absolute atomic E-state index is 0.642. The summed E-state index contributed by atoms with van der Waals surface area (Å²) in [6.45, 7) is 1.85. The van der Waals surface area contributed by atoms with Crippen LogP contribution in [0.15, 0.2) is 30.6 Å². The van der Waals surface area contributed by atoms with Gasteiger partial charge in [-0.15, -0.1) is 5.10 Å². The lowest BCUT2D eigenvalue weighted by molar-refractivity contribution is 0.865. The van der Waals surface area contributed by atoms with Crippen LogP contribution in [0.3, 0.4) is 0 Å². The molecule has 18 heavy (non-hydrogen) atoms. The van der Waals surface area contributed by atoms with Gasteiger partial charge in [-0.25, -0.2) is 9.97 Å². The molecule has 1 aromatic carbocycles. The summed E-state index contributed by atoms with van der Waals surface area (Å²) in [5, 5.41) is 5.08. The van der Waals surface area contributed by atoms with Crippen LogP contribution in [-0.4, -0.2) is 24.1 Å². The molecule has 0 aliphatic carbocycles. The lowest BCUT2D eigenvalue weighted by Gasteiger charge is -1.95. The number of rotatable bonds is 2. The van der Waals surface area contributed by atoms with Gasteiger partial charge in [0.15, 0.2) is 5.82 Å². The minimum Gasteiger partial charge on any atom is -0.399 e. The zero-order valence-corrected chi connectivity index (χ0v) is 10.4. The Balaban J connectivity index is 1.96. The average molecular weight is 258 g/mol. The van der Waals surface area contributed by atoms with E-state index in [9.17, 15) is 0 Å². The highest BCUT2D eigenvalue weighted by Crippen LogP contribution is 2.17. The monoisotopic (exact) mass is 258 g/mol. The summed E-state index contributed by atoms with van der Waals surface area (Å²) in [5.74, 6) is 1.38. The largest absolute Gasteiger partial charge is 0.399 e. The molecule has 2 heterocycles. The second kappa shape index (κ2) is 4.19. The van der Waals surface area contributed by atoms with E-state index in [1.54, 1.807) is 11.0 Å². The Kier molecular flexibility index (Phi) is 2.52. The van der Waals surface area contributed by atoms with E-state index in [0.717, 1.165) is 17.1 Å². The van der Waals surface area contributed by atoms with E-state index in [1.165, 1.54) is 11.5 Å². The number of anilines is 1. The van der Waals surface area contributed by atoms with E-state index in [0.29, 0.717) is 11.0 Å². The van der Waals surface area contributed by atoms with Crippen molar-refractivity contribution < 1.29 is 0 Å². The van der Waals surface area contributed by atoms with Gasteiger partial charge in [0.1, 0.15) is 12.2 Å². The third-order valence-corrected chi connectivity index (χ3v) is 3.17. The molecule has 0 spiro atoms. The first-order valence-corrected chi connectivity index (χ1v) is 6.08. The fraction of sp³-hybridized carbons (Fsp3) is 0.0909. The third kappa shape index (κ3) is 1.95. The molecule has 3 aromatic rings. The maximum Gasteiger partial charge on any atom is 0.231 e. The van der Waals surface area contributed by atoms with Gasteiger partial charge in [-0.1, -0.05) is 0 Å². The summed E-state index contributed by atoms with van der Waals surface area (Å²) in [5.41, 5.74) is 7.28. The van der Waals surface area contributed by atoms with Gasteiger partial charge in [-0.05, 0) is 31.2 Å². The van der Waals surface area contributed by atoms with Crippen molar-refractivity contribution in [3.8, 4) is 16.5 Å². The van der Waals surface area contributed by atoms with Crippen LogP contribution in [0.1, 0.15) is 5.82 Å². The molecule has 2 N–H and O–H groups in total. The molecule has 0 aliphatic rings. The number of aryl methyl sites for hydroxylation is 1. The molecule has 0 unspecified atom stereocenters. The van der Waals surface area contributed by atoms with Gasteiger partial charge in [-0.2, -0.15) is 9.06 Å². The number of nitrogens with zero attached hydrogens (tertiary/aromatic N) is 5. The Bertz CT molecular complexity index is 669. The van der Waals surface area contributed by atoms with E-state index >= 15 is 0 Å². The van der Waals surface area contributed by atoms with E-state index in [2.05, 4.69) is 19.4 Å². The first-order valence-electron chi connectivity index (χ1n) is 5.30. The van der Waals surface area contributed by atoms with E-state index in [-0.39, 0.29) is 0 Å². The first-order chi connectivity index (χ1) is 8.72. The molecule has 90 valence electrons. The molecule has 0 radical (unpaired) electrons. The van der Waals surface area contributed by atoms with Crippen molar-refractivity contribution in [1.29, 1.82) is 0 Å². The Morgan fingerprint density at radius 3 is 2.67 bits per heavy atom. The molecule has 0 amide bonds. The maximum absolute atomic E-state index is 5.64. The molecule has 0 atom stereocenters. The highest BCUT2D eigenvalue weighted by atomic mass is 32.1. The SMILES string of the molecule is Cc1nsc(-n2cnc(-c3ccc(N)cc3)n2)n1. The standard InChI is InChI=1S/C11H10N6S/c1-7-14-11(18-16-7)17-6-13-10(15-17)8-2-4-9(12)5-3-8/h2-6H,12H2,1H3. The third-order valence-electron chi connectivity index (χ3n) is 2.37. The van der Waals surface area contributed by atoms with E-state index in [1.807, 2.05) is 31.2 Å². The van der Waals surface area contributed by atoms with Crippen LogP contribution >= 0.6 is 11.5 Å². The number of benzene rings is 1. The van der Waals surface area contributed by atoms with Crippen molar-refractivity contribution in [3.63, 3.8) is 0 Å². The number of nitrogens with two attached hydrogens (primary N) is 1. The summed E-state index contributed by atoms with van der Waals surface area (Å²) in [4.78, 5) is 8.50. The van der Waals surface area contributed by atoms with Crippen molar-refractivity contribution in [2.45, 2.75) is 6.92 Å². The fourth-order valence-electron chi connectivity index (χ4n) is 1.50. The van der Waals surface area contributed by atoms with Crippen molar-refractivity contribution >= 4 is 17.2 Å². The Morgan fingerprint density at radius 1 is 1.22 bits per heavy atom. The second-order valence-electron chi connectivity index (χ2n) is 3.76. The molecule has 0 saturated carbocycles. The van der Waals surface area contributed by atoms with Crippen LogP contribution in [-0.2, 0) is 0 Å². The molecule has 6 nitrogen and oxygen atoms in total. The summed E-state index contributed by atoms with van der Waals surface area (Å²) in [6, 6.07) is 7.43. The molecule has 3 rings (SSSR count). The van der Waals surface area contributed by atoms with Crippen molar-refractivity contribution in [3.05, 3.63) is 36.4 Å². The smallest absolute Gasteiger partial charge is 0.231 e. The highest BCUT2D eigenvalue weighted by molar-refractivity contribution is 7.08. The lowest BCUT2D eigenvalue weighted by atomic mass is 10.2. The first kappa shape index (κ1) is 10.8. The van der Waals surface area contributed by atoms with Crippen molar-refractivity contribution in [1.82, 2.24) is 24.1 Å². The summed E-state index contributed by atoms with van der Waals surface area (Å²) >= 11 is 1.29. The Morgan fingerprint density at radius 2 is 2.00 bits per heavy atom. The molecule has 7 heteroatoms. The Labute approximate surface area is 107 Å². The van der Waals surface area contributed by atoms with Crippen LogP contribution in [0.4, 0.5) is 5.69 Å². The number of hydrogen-bond acceptors (Lipinski definition) is 6. The van der Waals surface area contributed by atoms with Gasteiger partial charge >= 0.3 is 0 Å². The molecule has 2 aromatic heterocycles. The predicted octanol–water partition coefficient (Wildman–Crippen LogP) is 1.68. The average Bonchev–Trinajstić information content (AvgIpc) is 2.98. The Hall–Kier alpha value is -2.28. The normalized spacial score (nSPS) is 10.7. The molecule has 0 bridgehead atoms. The number of hydrogen-bond donors (Lipinski definition) is 1. The van der Waals surface area contributed by atoms with Crippen LogP contribution in [0.2, 0.25) is 0 Å². The summed E-state index contributed by atoms with van der Waals surface area (Å²) in [6.07, 6.45) is 1.63. The van der Waals surface area contributed by atoms with E-state index < -0.39 is 0 Å². The van der Waals surface area contributed by atoms with Gasteiger partial charge < -0.3 is 5.73 Å². The summed E-state index contributed by atoms with van der Waals surface area (Å²) < 4.78 is 5.73. The van der Waals surface area contributed by atoms with Gasteiger partial charge in [0.25, 0.3) is 0 Å². The van der Waals surface area contributed by atoms with Gasteiger partial charge in [0, 0.05) is 22.8 Å². The number of aromatic nitrogens is 5. The second-order valence-corrected chi connectivity index (χ2v) is 4.49. The topological polar surface area (TPSA) is 82.5 Å². The molecular formula is C11H10N6S. The van der Waals surface area contributed by atoms with Gasteiger partial charge in [-0.3, -0.25) is 0 Å². The van der Waals surface area contributed by atoms with E-state index in [4.69, 9.17) is 5.73 Å². The lowest BCUT2D eigenvalue weighted by Crippen LogP contribution is -1.94. The zero-order chi connectivity index (χ0) is 12.5. The zero-order valence-electron chi connectivity index (χ0n) is 9.61. The van der Waals surface area contributed by atoms with Crippen LogP contribution in [0, 0.1) is 6.92 Å². The van der Waals surface area contributed by atoms with Crippen molar-refractivity contribution in [2.24, 2.45) is 0 Å². The molecule has 0 saturated heterocycles. The minimum atomic E-state index is 0.642. The fourth-order valence-corrected chi connectivity index (χ4v) is 2.10.